The Hall–Kier alpha value is -4.24. The number of nitrogens with zero attached hydrogens (tertiary/aromatic N) is 4. The summed E-state index contributed by atoms with van der Waals surface area (Å²) >= 11 is 6.44. The molecule has 0 aliphatic carbocycles. The molecule has 3 aromatic carbocycles. The number of hydrogen-bond acceptors (Lipinski definition) is 8. The smallest absolute Gasteiger partial charge is 0.212 e. The molecule has 0 bridgehead atoms. The van der Waals surface area contributed by atoms with Crippen molar-refractivity contribution in [3.63, 3.8) is 0 Å². The lowest BCUT2D eigenvalue weighted by atomic mass is 10.1. The molecule has 8 nitrogen and oxygen atoms in total. The number of aliphatic imine (C=N–C) groups is 1. The van der Waals surface area contributed by atoms with Crippen LogP contribution < -0.4 is 20.8 Å². The van der Waals surface area contributed by atoms with E-state index in [-0.39, 0.29) is 12.4 Å². The Morgan fingerprint density at radius 2 is 2.06 bits per heavy atom. The first-order valence-electron chi connectivity index (χ1n) is 10.9. The monoisotopic (exact) mass is 489 g/mol. The van der Waals surface area contributed by atoms with Crippen molar-refractivity contribution in [2.75, 3.05) is 18.4 Å². The molecular weight excluding hydrogens is 469 g/mol. The zero-order chi connectivity index (χ0) is 24.0. The van der Waals surface area contributed by atoms with E-state index >= 15 is 0 Å². The van der Waals surface area contributed by atoms with Crippen LogP contribution in [0.2, 0.25) is 5.02 Å². The molecule has 3 N–H and O–H groups in total. The molecule has 2 heterocycles. The third-order valence-electron chi connectivity index (χ3n) is 5.20. The maximum absolute atomic E-state index is 13.4. The van der Waals surface area contributed by atoms with Crippen molar-refractivity contribution in [1.82, 2.24) is 20.7 Å². The van der Waals surface area contributed by atoms with Crippen LogP contribution in [0.5, 0.6) is 5.75 Å². The Bertz CT molecular complexity index is 1430. The minimum Gasteiger partial charge on any atom is -0.487 e. The molecule has 4 aromatic rings. The molecule has 0 saturated carbocycles. The minimum absolute atomic E-state index is 0.212. The number of anilines is 2. The van der Waals surface area contributed by atoms with Gasteiger partial charge in [-0.25, -0.2) is 24.8 Å². The Labute approximate surface area is 205 Å². The van der Waals surface area contributed by atoms with E-state index in [2.05, 4.69) is 36.1 Å². The lowest BCUT2D eigenvalue weighted by Gasteiger charge is -2.12. The first-order chi connectivity index (χ1) is 17.1. The molecule has 0 amide bonds. The average Bonchev–Trinajstić information content (AvgIpc) is 3.38. The summed E-state index contributed by atoms with van der Waals surface area (Å²) in [7, 11) is 0. The topological polar surface area (TPSA) is 95.8 Å². The molecule has 1 aliphatic heterocycles. The number of fused-ring (bicyclic) bond motifs is 1. The van der Waals surface area contributed by atoms with E-state index in [1.807, 2.05) is 24.3 Å². The molecule has 0 radical (unpaired) electrons. The second-order valence-corrected chi connectivity index (χ2v) is 8.12. The number of rotatable bonds is 7. The van der Waals surface area contributed by atoms with Crippen molar-refractivity contribution < 1.29 is 9.13 Å². The SMILES string of the molecule is Fc1cccc(COc2ccc(Nc3ncnc4ccc(/C=N/NC5=NCCN5)cc34)cc2Cl)c1. The van der Waals surface area contributed by atoms with Crippen LogP contribution in [0.4, 0.5) is 15.9 Å². The van der Waals surface area contributed by atoms with Crippen molar-refractivity contribution in [2.45, 2.75) is 6.61 Å². The third-order valence-corrected chi connectivity index (χ3v) is 5.49. The molecule has 35 heavy (non-hydrogen) atoms. The number of nitrogens with one attached hydrogen (secondary N) is 3. The van der Waals surface area contributed by atoms with Crippen LogP contribution in [0, 0.1) is 5.82 Å². The lowest BCUT2D eigenvalue weighted by molar-refractivity contribution is 0.306. The van der Waals surface area contributed by atoms with Crippen LogP contribution in [-0.2, 0) is 6.61 Å². The fourth-order valence-corrected chi connectivity index (χ4v) is 3.75. The predicted molar refractivity (Wildman–Crippen MR) is 136 cm³/mol. The van der Waals surface area contributed by atoms with E-state index in [1.165, 1.54) is 18.5 Å². The number of hydrogen-bond donors (Lipinski definition) is 3. The second kappa shape index (κ2) is 10.4. The predicted octanol–water partition coefficient (Wildman–Crippen LogP) is 4.63. The Kier molecular flexibility index (Phi) is 6.67. The highest BCUT2D eigenvalue weighted by Gasteiger charge is 2.09. The van der Waals surface area contributed by atoms with Gasteiger partial charge in [0, 0.05) is 17.6 Å². The van der Waals surface area contributed by atoms with Crippen LogP contribution in [-0.4, -0.2) is 35.2 Å². The van der Waals surface area contributed by atoms with Gasteiger partial charge in [-0.2, -0.15) is 5.10 Å². The molecule has 176 valence electrons. The number of guanidine groups is 1. The van der Waals surface area contributed by atoms with E-state index in [9.17, 15) is 4.39 Å². The van der Waals surface area contributed by atoms with Crippen molar-refractivity contribution in [1.29, 1.82) is 0 Å². The highest BCUT2D eigenvalue weighted by Crippen LogP contribution is 2.31. The number of ether oxygens (including phenoxy) is 1. The normalized spacial score (nSPS) is 13.0. The number of hydrazone groups is 1. The van der Waals surface area contributed by atoms with E-state index in [4.69, 9.17) is 16.3 Å². The Balaban J connectivity index is 1.30. The van der Waals surface area contributed by atoms with Gasteiger partial charge in [-0.3, -0.25) is 0 Å². The highest BCUT2D eigenvalue weighted by molar-refractivity contribution is 6.32. The molecule has 1 aromatic heterocycles. The summed E-state index contributed by atoms with van der Waals surface area (Å²) in [5.41, 5.74) is 6.00. The minimum atomic E-state index is -0.306. The summed E-state index contributed by atoms with van der Waals surface area (Å²) in [5.74, 6) is 1.48. The molecule has 5 rings (SSSR count). The maximum atomic E-state index is 13.4. The molecule has 0 unspecified atom stereocenters. The molecule has 0 spiro atoms. The van der Waals surface area contributed by atoms with Gasteiger partial charge in [-0.1, -0.05) is 29.8 Å². The maximum Gasteiger partial charge on any atom is 0.212 e. The van der Waals surface area contributed by atoms with Crippen LogP contribution in [0.3, 0.4) is 0 Å². The van der Waals surface area contributed by atoms with E-state index < -0.39 is 0 Å². The Morgan fingerprint density at radius 1 is 1.11 bits per heavy atom. The van der Waals surface area contributed by atoms with Gasteiger partial charge in [0.25, 0.3) is 0 Å². The molecule has 0 fully saturated rings. The second-order valence-electron chi connectivity index (χ2n) is 7.71. The molecule has 1 aliphatic rings. The molecule has 10 heteroatoms. The largest absolute Gasteiger partial charge is 0.487 e. The fourth-order valence-electron chi connectivity index (χ4n) is 3.52. The first-order valence-corrected chi connectivity index (χ1v) is 11.3. The van der Waals surface area contributed by atoms with Gasteiger partial charge in [0.05, 0.1) is 23.3 Å². The van der Waals surface area contributed by atoms with Crippen molar-refractivity contribution >= 4 is 46.2 Å². The van der Waals surface area contributed by atoms with E-state index in [0.29, 0.717) is 22.5 Å². The summed E-state index contributed by atoms with van der Waals surface area (Å²) in [6, 6.07) is 17.4. The van der Waals surface area contributed by atoms with Crippen molar-refractivity contribution in [3.8, 4) is 5.75 Å². The fraction of sp³-hybridized carbons (Fsp3) is 0.120. The van der Waals surface area contributed by atoms with Crippen molar-refractivity contribution in [2.24, 2.45) is 10.1 Å². The van der Waals surface area contributed by atoms with Gasteiger partial charge >= 0.3 is 0 Å². The van der Waals surface area contributed by atoms with Gasteiger partial charge in [-0.15, -0.1) is 0 Å². The Morgan fingerprint density at radius 3 is 2.89 bits per heavy atom. The van der Waals surface area contributed by atoms with Crippen LogP contribution in [0.15, 0.2) is 77.1 Å². The van der Waals surface area contributed by atoms with Gasteiger partial charge in [0.1, 0.15) is 30.3 Å². The summed E-state index contributed by atoms with van der Waals surface area (Å²) in [6.07, 6.45) is 3.21. The summed E-state index contributed by atoms with van der Waals surface area (Å²) in [4.78, 5) is 13.0. The zero-order valence-electron chi connectivity index (χ0n) is 18.5. The van der Waals surface area contributed by atoms with Gasteiger partial charge < -0.3 is 15.4 Å². The lowest BCUT2D eigenvalue weighted by Crippen LogP contribution is -2.30. The highest BCUT2D eigenvalue weighted by atomic mass is 35.5. The summed E-state index contributed by atoms with van der Waals surface area (Å²) in [6.45, 7) is 1.76. The van der Waals surface area contributed by atoms with E-state index in [0.717, 1.165) is 40.8 Å². The van der Waals surface area contributed by atoms with Gasteiger partial charge in [0.2, 0.25) is 5.96 Å². The quantitative estimate of drug-likeness (QED) is 0.259. The standard InChI is InChI=1S/C25H21ClFN7O/c26-21-12-19(5-7-23(21)35-14-17-2-1-3-18(27)10-17)33-24-20-11-16(4-6-22(20)30-15-31-24)13-32-34-25-28-8-9-29-25/h1-7,10-13,15H,8-9,14H2,(H2,28,29,34)(H,30,31,33)/b32-13+. The molecular formula is C25H21ClFN7O. The van der Waals surface area contributed by atoms with Gasteiger partial charge in [0.15, 0.2) is 0 Å². The number of halogens is 2. The molecule has 0 saturated heterocycles. The van der Waals surface area contributed by atoms with Crippen molar-refractivity contribution in [3.05, 3.63) is 89.0 Å². The van der Waals surface area contributed by atoms with Gasteiger partial charge in [-0.05, 0) is 53.6 Å². The summed E-state index contributed by atoms with van der Waals surface area (Å²) in [5, 5.41) is 11.9. The number of aromatic nitrogens is 2. The number of benzene rings is 3. The first kappa shape index (κ1) is 22.5. The summed E-state index contributed by atoms with van der Waals surface area (Å²) < 4.78 is 19.1. The molecule has 0 atom stereocenters. The van der Waals surface area contributed by atoms with Crippen LogP contribution >= 0.6 is 11.6 Å². The van der Waals surface area contributed by atoms with E-state index in [1.54, 1.807) is 30.5 Å². The third kappa shape index (κ3) is 5.64. The zero-order valence-corrected chi connectivity index (χ0v) is 19.3. The average molecular weight is 490 g/mol. The van der Waals surface area contributed by atoms with Crippen LogP contribution in [0.1, 0.15) is 11.1 Å². The van der Waals surface area contributed by atoms with Crippen LogP contribution in [0.25, 0.3) is 10.9 Å².